The summed E-state index contributed by atoms with van der Waals surface area (Å²) in [6.45, 7) is 5.92. The van der Waals surface area contributed by atoms with Crippen molar-refractivity contribution in [1.82, 2.24) is 0 Å². The monoisotopic (exact) mass is 226 g/mol. The van der Waals surface area contributed by atoms with E-state index in [1.54, 1.807) is 0 Å². The van der Waals surface area contributed by atoms with Crippen molar-refractivity contribution in [2.45, 2.75) is 20.8 Å². The second-order valence-electron chi connectivity index (χ2n) is 2.96. The third-order valence-electron chi connectivity index (χ3n) is 2.22. The normalized spacial score (nSPS) is 10.0. The molecule has 12 heavy (non-hydrogen) atoms. The number of aldehydes is 1. The maximum Gasteiger partial charge on any atom is 0.150 e. The molecule has 0 saturated heterocycles. The van der Waals surface area contributed by atoms with Crippen LogP contribution in [0.3, 0.4) is 0 Å². The van der Waals surface area contributed by atoms with Crippen molar-refractivity contribution in [3.05, 3.63) is 32.8 Å². The lowest BCUT2D eigenvalue weighted by atomic mass is 10.00. The highest BCUT2D eigenvalue weighted by atomic mass is 79.9. The number of rotatable bonds is 1. The number of carbonyl (C=O) groups excluding carboxylic acids is 1. The number of carbonyl (C=O) groups is 1. The van der Waals surface area contributed by atoms with E-state index >= 15 is 0 Å². The Bertz CT molecular complexity index is 303. The fourth-order valence-electron chi connectivity index (χ4n) is 1.21. The average molecular weight is 227 g/mol. The summed E-state index contributed by atoms with van der Waals surface area (Å²) in [6, 6.07) is 2.04. The summed E-state index contributed by atoms with van der Waals surface area (Å²) < 4.78 is 1.01. The topological polar surface area (TPSA) is 17.1 Å². The van der Waals surface area contributed by atoms with Crippen LogP contribution in [0.4, 0.5) is 0 Å². The predicted octanol–water partition coefficient (Wildman–Crippen LogP) is 3.19. The molecular formula is C10H11BrO. The molecule has 1 nitrogen and oxygen atoms in total. The van der Waals surface area contributed by atoms with Crippen molar-refractivity contribution >= 4 is 22.2 Å². The molecule has 0 bridgehead atoms. The largest absolute Gasteiger partial charge is 0.298 e. The van der Waals surface area contributed by atoms with Gasteiger partial charge in [-0.3, -0.25) is 4.79 Å². The first kappa shape index (κ1) is 9.46. The molecule has 0 saturated carbocycles. The average Bonchev–Trinajstić information content (AvgIpc) is 2.02. The van der Waals surface area contributed by atoms with Gasteiger partial charge < -0.3 is 0 Å². The summed E-state index contributed by atoms with van der Waals surface area (Å²) in [7, 11) is 0. The molecule has 0 aliphatic rings. The number of hydrogen-bond donors (Lipinski definition) is 0. The third-order valence-corrected chi connectivity index (χ3v) is 3.04. The fraction of sp³-hybridized carbons (Fsp3) is 0.300. The second-order valence-corrected chi connectivity index (χ2v) is 3.81. The molecular weight excluding hydrogens is 216 g/mol. The highest BCUT2D eigenvalue weighted by Crippen LogP contribution is 2.24. The second kappa shape index (κ2) is 3.40. The molecule has 2 heteroatoms. The van der Waals surface area contributed by atoms with Gasteiger partial charge in [-0.15, -0.1) is 0 Å². The number of aryl methyl sites for hydroxylation is 1. The molecule has 0 N–H and O–H groups in total. The molecule has 0 unspecified atom stereocenters. The minimum Gasteiger partial charge on any atom is -0.298 e. The molecule has 1 rings (SSSR count). The first-order valence-corrected chi connectivity index (χ1v) is 4.58. The summed E-state index contributed by atoms with van der Waals surface area (Å²) in [6.07, 6.45) is 0.919. The SMILES string of the molecule is Cc1cc(Br)c(C)c(C=O)c1C. The molecule has 64 valence electrons. The minimum absolute atomic E-state index is 0.807. The zero-order valence-electron chi connectivity index (χ0n) is 7.44. The van der Waals surface area contributed by atoms with Crippen molar-refractivity contribution < 1.29 is 4.79 Å². The van der Waals surface area contributed by atoms with Gasteiger partial charge in [0.15, 0.2) is 6.29 Å². The van der Waals surface area contributed by atoms with E-state index in [0.29, 0.717) is 0 Å². The molecule has 1 aromatic carbocycles. The smallest absolute Gasteiger partial charge is 0.150 e. The quantitative estimate of drug-likeness (QED) is 0.673. The number of halogens is 1. The van der Waals surface area contributed by atoms with Crippen LogP contribution in [-0.2, 0) is 0 Å². The molecule has 0 amide bonds. The van der Waals surface area contributed by atoms with Crippen LogP contribution in [0.2, 0.25) is 0 Å². The lowest BCUT2D eigenvalue weighted by Crippen LogP contribution is -1.95. The van der Waals surface area contributed by atoms with Gasteiger partial charge >= 0.3 is 0 Å². The molecule has 0 aromatic heterocycles. The van der Waals surface area contributed by atoms with Crippen molar-refractivity contribution in [3.63, 3.8) is 0 Å². The summed E-state index contributed by atoms with van der Waals surface area (Å²) in [5.41, 5.74) is 4.05. The van der Waals surface area contributed by atoms with Crippen molar-refractivity contribution in [1.29, 1.82) is 0 Å². The Morgan fingerprint density at radius 2 is 1.83 bits per heavy atom. The third kappa shape index (κ3) is 1.44. The van der Waals surface area contributed by atoms with Gasteiger partial charge in [0.05, 0.1) is 0 Å². The van der Waals surface area contributed by atoms with E-state index < -0.39 is 0 Å². The highest BCUT2D eigenvalue weighted by Gasteiger charge is 2.07. The van der Waals surface area contributed by atoms with Crippen molar-refractivity contribution in [2.24, 2.45) is 0 Å². The van der Waals surface area contributed by atoms with E-state index in [4.69, 9.17) is 0 Å². The van der Waals surface area contributed by atoms with Gasteiger partial charge in [-0.2, -0.15) is 0 Å². The minimum atomic E-state index is 0.807. The van der Waals surface area contributed by atoms with Crippen LogP contribution < -0.4 is 0 Å². The van der Waals surface area contributed by atoms with Gasteiger partial charge in [-0.1, -0.05) is 15.9 Å². The van der Waals surface area contributed by atoms with Gasteiger partial charge in [0.2, 0.25) is 0 Å². The Morgan fingerprint density at radius 1 is 1.25 bits per heavy atom. The van der Waals surface area contributed by atoms with Crippen molar-refractivity contribution in [3.8, 4) is 0 Å². The van der Waals surface area contributed by atoms with Crippen LogP contribution in [0.25, 0.3) is 0 Å². The molecule has 0 spiro atoms. The lowest BCUT2D eigenvalue weighted by molar-refractivity contribution is 0.112. The number of hydrogen-bond acceptors (Lipinski definition) is 1. The Kier molecular flexibility index (Phi) is 2.68. The summed E-state index contributed by atoms with van der Waals surface area (Å²) in [5.74, 6) is 0. The highest BCUT2D eigenvalue weighted by molar-refractivity contribution is 9.10. The standard InChI is InChI=1S/C10H11BrO/c1-6-4-10(11)8(3)9(5-12)7(6)2/h4-5H,1-3H3. The van der Waals surface area contributed by atoms with E-state index in [0.717, 1.165) is 33.0 Å². The summed E-state index contributed by atoms with van der Waals surface area (Å²) in [4.78, 5) is 10.7. The first-order valence-electron chi connectivity index (χ1n) is 3.79. The number of benzene rings is 1. The van der Waals surface area contributed by atoms with E-state index in [1.165, 1.54) is 0 Å². The Balaban J connectivity index is 3.52. The molecule has 0 heterocycles. The molecule has 0 fully saturated rings. The van der Waals surface area contributed by atoms with Crippen LogP contribution >= 0.6 is 15.9 Å². The van der Waals surface area contributed by atoms with E-state index in [2.05, 4.69) is 15.9 Å². The zero-order valence-corrected chi connectivity index (χ0v) is 9.03. The van der Waals surface area contributed by atoms with Crippen molar-refractivity contribution in [2.75, 3.05) is 0 Å². The molecule has 1 aromatic rings. The Morgan fingerprint density at radius 3 is 2.33 bits per heavy atom. The first-order chi connectivity index (χ1) is 5.57. The molecule has 0 radical (unpaired) electrons. The maximum absolute atomic E-state index is 10.7. The van der Waals surface area contributed by atoms with Crippen LogP contribution in [0.15, 0.2) is 10.5 Å². The van der Waals surface area contributed by atoms with E-state index in [-0.39, 0.29) is 0 Å². The molecule has 0 atom stereocenters. The van der Waals surface area contributed by atoms with Gasteiger partial charge in [0.1, 0.15) is 0 Å². The lowest BCUT2D eigenvalue weighted by Gasteiger charge is -2.08. The van der Waals surface area contributed by atoms with Gasteiger partial charge in [-0.05, 0) is 43.5 Å². The molecule has 0 aliphatic carbocycles. The van der Waals surface area contributed by atoms with E-state index in [1.807, 2.05) is 26.8 Å². The molecule has 0 aliphatic heterocycles. The van der Waals surface area contributed by atoms with Crippen LogP contribution in [-0.4, -0.2) is 6.29 Å². The summed E-state index contributed by atoms with van der Waals surface area (Å²) >= 11 is 3.41. The summed E-state index contributed by atoms with van der Waals surface area (Å²) in [5, 5.41) is 0. The van der Waals surface area contributed by atoms with E-state index in [9.17, 15) is 4.79 Å². The fourth-order valence-corrected chi connectivity index (χ4v) is 1.76. The Hall–Kier alpha value is -0.630. The zero-order chi connectivity index (χ0) is 9.30. The van der Waals surface area contributed by atoms with Crippen LogP contribution in [0.5, 0.6) is 0 Å². The predicted molar refractivity (Wildman–Crippen MR) is 53.7 cm³/mol. The van der Waals surface area contributed by atoms with Gasteiger partial charge in [0, 0.05) is 10.0 Å². The van der Waals surface area contributed by atoms with Gasteiger partial charge in [0.25, 0.3) is 0 Å². The van der Waals surface area contributed by atoms with Crippen LogP contribution in [0.1, 0.15) is 27.0 Å². The maximum atomic E-state index is 10.7. The van der Waals surface area contributed by atoms with Crippen LogP contribution in [0, 0.1) is 20.8 Å². The Labute approximate surface area is 80.9 Å². The van der Waals surface area contributed by atoms with Gasteiger partial charge in [-0.25, -0.2) is 0 Å².